The number of nitrogens with zero attached hydrogens (tertiary/aromatic N) is 2. The summed E-state index contributed by atoms with van der Waals surface area (Å²) in [5.74, 6) is -0.733. The van der Waals surface area contributed by atoms with Crippen LogP contribution in [0.1, 0.15) is 24.1 Å². The minimum atomic E-state index is -0.245. The largest absolute Gasteiger partial charge is 0.461 e. The van der Waals surface area contributed by atoms with Gasteiger partial charge in [0.2, 0.25) is 5.91 Å². The maximum atomic E-state index is 12.1. The number of carbonyl (C=O) groups excluding carboxylic acids is 2. The van der Waals surface area contributed by atoms with E-state index in [9.17, 15) is 9.59 Å². The molecule has 3 rings (SSSR count). The quantitative estimate of drug-likeness (QED) is 0.801. The molecule has 1 heterocycles. The molecular weight excluding hydrogens is 342 g/mol. The molecule has 2 aromatic rings. The molecule has 1 amide bonds. The van der Waals surface area contributed by atoms with Crippen molar-refractivity contribution in [1.29, 1.82) is 0 Å². The van der Waals surface area contributed by atoms with E-state index in [-0.39, 0.29) is 42.0 Å². The lowest BCUT2D eigenvalue weighted by Gasteiger charge is -2.32. The van der Waals surface area contributed by atoms with Crippen LogP contribution in [0.5, 0.6) is 0 Å². The fourth-order valence-electron chi connectivity index (χ4n) is 2.65. The van der Waals surface area contributed by atoms with Crippen LogP contribution in [-0.4, -0.2) is 21.8 Å². The van der Waals surface area contributed by atoms with Gasteiger partial charge in [-0.25, -0.2) is 4.98 Å². The van der Waals surface area contributed by atoms with Crippen molar-refractivity contribution in [3.05, 3.63) is 59.1 Å². The maximum Gasteiger partial charge on any atom is 0.309 e. The van der Waals surface area contributed by atoms with Crippen molar-refractivity contribution in [2.45, 2.75) is 26.0 Å². The van der Waals surface area contributed by atoms with Crippen LogP contribution in [0.2, 0.25) is 5.15 Å². The molecule has 1 aromatic heterocycles. The molecule has 0 spiro atoms. The van der Waals surface area contributed by atoms with Gasteiger partial charge in [-0.05, 0) is 18.4 Å². The number of aromatic nitrogens is 2. The topological polar surface area (TPSA) is 81.2 Å². The summed E-state index contributed by atoms with van der Waals surface area (Å²) in [6.07, 6.45) is 4.03. The Bertz CT molecular complexity index is 748. The second kappa shape index (κ2) is 8.07. The number of halogens is 1. The van der Waals surface area contributed by atoms with Gasteiger partial charge in [-0.3, -0.25) is 14.6 Å². The lowest BCUT2D eigenvalue weighted by molar-refractivity contribution is -0.156. The number of esters is 1. The Balaban J connectivity index is 1.39. The molecule has 25 heavy (non-hydrogen) atoms. The number of hydrogen-bond acceptors (Lipinski definition) is 5. The third-order valence-corrected chi connectivity index (χ3v) is 4.53. The standard InChI is InChI=1S/C18H18ClN3O3/c19-16-15(20-6-7-21-16)10-22-17(23)13-8-14(9-13)18(24)25-11-12-4-2-1-3-5-12/h1-7,13-14H,8-11H2,(H,22,23). The summed E-state index contributed by atoms with van der Waals surface area (Å²) in [7, 11) is 0. The molecule has 1 aromatic carbocycles. The number of rotatable bonds is 6. The monoisotopic (exact) mass is 359 g/mol. The van der Waals surface area contributed by atoms with E-state index in [0.717, 1.165) is 5.56 Å². The Hall–Kier alpha value is -2.47. The molecule has 7 heteroatoms. The molecule has 1 aliphatic carbocycles. The molecule has 0 radical (unpaired) electrons. The first kappa shape index (κ1) is 17.4. The normalized spacial score (nSPS) is 18.9. The first-order valence-electron chi connectivity index (χ1n) is 8.07. The van der Waals surface area contributed by atoms with E-state index in [1.807, 2.05) is 30.3 Å². The molecule has 1 saturated carbocycles. The number of hydrogen-bond donors (Lipinski definition) is 1. The summed E-state index contributed by atoms with van der Waals surface area (Å²) in [6.45, 7) is 0.489. The van der Waals surface area contributed by atoms with Gasteiger partial charge in [0.15, 0.2) is 5.15 Å². The van der Waals surface area contributed by atoms with Gasteiger partial charge in [0.05, 0.1) is 18.2 Å². The predicted octanol–water partition coefficient (Wildman–Crippen LogP) is 2.52. The molecular formula is C18H18ClN3O3. The summed E-state index contributed by atoms with van der Waals surface area (Å²) in [5, 5.41) is 3.06. The van der Waals surface area contributed by atoms with E-state index in [0.29, 0.717) is 18.5 Å². The highest BCUT2D eigenvalue weighted by Gasteiger charge is 2.39. The van der Waals surface area contributed by atoms with Gasteiger partial charge in [-0.15, -0.1) is 0 Å². The number of nitrogens with one attached hydrogen (secondary N) is 1. The molecule has 0 aliphatic heterocycles. The summed E-state index contributed by atoms with van der Waals surface area (Å²) in [6, 6.07) is 9.52. The lowest BCUT2D eigenvalue weighted by atomic mass is 9.74. The molecule has 0 bridgehead atoms. The van der Waals surface area contributed by atoms with Crippen molar-refractivity contribution in [2.24, 2.45) is 11.8 Å². The number of carbonyl (C=O) groups is 2. The van der Waals surface area contributed by atoms with Crippen LogP contribution in [0, 0.1) is 11.8 Å². The summed E-state index contributed by atoms with van der Waals surface area (Å²) in [5.41, 5.74) is 1.47. The van der Waals surface area contributed by atoms with Crippen molar-refractivity contribution in [2.75, 3.05) is 0 Å². The van der Waals surface area contributed by atoms with Crippen LogP contribution < -0.4 is 5.32 Å². The zero-order chi connectivity index (χ0) is 17.6. The van der Waals surface area contributed by atoms with E-state index in [2.05, 4.69) is 15.3 Å². The molecule has 0 atom stereocenters. The van der Waals surface area contributed by atoms with E-state index in [1.54, 1.807) is 0 Å². The van der Waals surface area contributed by atoms with Crippen LogP contribution in [-0.2, 0) is 27.5 Å². The average molecular weight is 360 g/mol. The molecule has 1 aliphatic rings. The van der Waals surface area contributed by atoms with Gasteiger partial charge in [0.25, 0.3) is 0 Å². The number of amides is 1. The van der Waals surface area contributed by atoms with Crippen LogP contribution in [0.4, 0.5) is 0 Å². The van der Waals surface area contributed by atoms with Gasteiger partial charge in [0.1, 0.15) is 6.61 Å². The van der Waals surface area contributed by atoms with Crippen LogP contribution >= 0.6 is 11.6 Å². The second-order valence-electron chi connectivity index (χ2n) is 5.97. The Kier molecular flexibility index (Phi) is 5.60. The van der Waals surface area contributed by atoms with Crippen molar-refractivity contribution in [3.8, 4) is 0 Å². The van der Waals surface area contributed by atoms with E-state index in [4.69, 9.17) is 16.3 Å². The first-order chi connectivity index (χ1) is 12.1. The SMILES string of the molecule is O=C(NCc1nccnc1Cl)C1CC(C(=O)OCc2ccccc2)C1. The third-order valence-electron chi connectivity index (χ3n) is 4.22. The van der Waals surface area contributed by atoms with E-state index in [1.165, 1.54) is 12.4 Å². The summed E-state index contributed by atoms with van der Waals surface area (Å²) < 4.78 is 5.30. The zero-order valence-corrected chi connectivity index (χ0v) is 14.3. The van der Waals surface area contributed by atoms with E-state index >= 15 is 0 Å². The van der Waals surface area contributed by atoms with Crippen molar-refractivity contribution >= 4 is 23.5 Å². The lowest BCUT2D eigenvalue weighted by Crippen LogP contribution is -2.41. The molecule has 1 N–H and O–H groups in total. The summed E-state index contributed by atoms with van der Waals surface area (Å²) in [4.78, 5) is 32.1. The van der Waals surface area contributed by atoms with Crippen molar-refractivity contribution < 1.29 is 14.3 Å². The van der Waals surface area contributed by atoms with Gasteiger partial charge in [-0.2, -0.15) is 0 Å². The molecule has 0 saturated heterocycles. The fourth-order valence-corrected chi connectivity index (χ4v) is 2.83. The molecule has 6 nitrogen and oxygen atoms in total. The van der Waals surface area contributed by atoms with Crippen molar-refractivity contribution in [3.63, 3.8) is 0 Å². The zero-order valence-electron chi connectivity index (χ0n) is 13.5. The van der Waals surface area contributed by atoms with Gasteiger partial charge < -0.3 is 10.1 Å². The smallest absolute Gasteiger partial charge is 0.309 e. The average Bonchev–Trinajstić information content (AvgIpc) is 2.59. The molecule has 0 unspecified atom stereocenters. The number of benzene rings is 1. The van der Waals surface area contributed by atoms with E-state index < -0.39 is 0 Å². The first-order valence-corrected chi connectivity index (χ1v) is 8.45. The summed E-state index contributed by atoms with van der Waals surface area (Å²) >= 11 is 5.90. The van der Waals surface area contributed by atoms with Crippen LogP contribution in [0.15, 0.2) is 42.7 Å². The van der Waals surface area contributed by atoms with Gasteiger partial charge in [-0.1, -0.05) is 41.9 Å². The minimum Gasteiger partial charge on any atom is -0.461 e. The predicted molar refractivity (Wildman–Crippen MR) is 91.3 cm³/mol. The van der Waals surface area contributed by atoms with Gasteiger partial charge in [0, 0.05) is 18.3 Å². The second-order valence-corrected chi connectivity index (χ2v) is 6.33. The molecule has 130 valence electrons. The Labute approximate surface area is 150 Å². The van der Waals surface area contributed by atoms with Crippen LogP contribution in [0.3, 0.4) is 0 Å². The Morgan fingerprint density at radius 1 is 1.12 bits per heavy atom. The highest BCUT2D eigenvalue weighted by molar-refractivity contribution is 6.29. The maximum absolute atomic E-state index is 12.1. The van der Waals surface area contributed by atoms with Gasteiger partial charge >= 0.3 is 5.97 Å². The number of ether oxygens (including phenoxy) is 1. The fraction of sp³-hybridized carbons (Fsp3) is 0.333. The Morgan fingerprint density at radius 3 is 2.56 bits per heavy atom. The molecule has 1 fully saturated rings. The Morgan fingerprint density at radius 2 is 1.84 bits per heavy atom. The highest BCUT2D eigenvalue weighted by Crippen LogP contribution is 2.35. The third kappa shape index (κ3) is 4.54. The highest BCUT2D eigenvalue weighted by atomic mass is 35.5. The minimum absolute atomic E-state index is 0.103. The van der Waals surface area contributed by atoms with Crippen LogP contribution in [0.25, 0.3) is 0 Å². The van der Waals surface area contributed by atoms with Crippen molar-refractivity contribution in [1.82, 2.24) is 15.3 Å².